The number of carbonyl (C=O) groups excluding carboxylic acids is 1. The predicted octanol–water partition coefficient (Wildman–Crippen LogP) is 4.24. The summed E-state index contributed by atoms with van der Waals surface area (Å²) in [7, 11) is 5.15. The van der Waals surface area contributed by atoms with Crippen molar-refractivity contribution in [3.63, 3.8) is 0 Å². The second kappa shape index (κ2) is 14.8. The van der Waals surface area contributed by atoms with E-state index in [0.29, 0.717) is 102 Å². The zero-order valence-electron chi connectivity index (χ0n) is 33.3. The number of halogens is 2. The zero-order chi connectivity index (χ0) is 40.5. The van der Waals surface area contributed by atoms with Gasteiger partial charge in [-0.1, -0.05) is 6.07 Å². The van der Waals surface area contributed by atoms with E-state index in [-0.39, 0.29) is 30.5 Å². The number of nitrogens with one attached hydrogen (secondary N) is 1. The van der Waals surface area contributed by atoms with Gasteiger partial charge in [0, 0.05) is 90.1 Å². The third kappa shape index (κ3) is 6.70. The van der Waals surface area contributed by atoms with E-state index in [2.05, 4.69) is 15.1 Å². The largest absolute Gasteiger partial charge is 0.490 e. The van der Waals surface area contributed by atoms with E-state index < -0.39 is 23.8 Å². The number of pyridine rings is 1. The monoisotopic (exact) mass is 805 g/mol. The number of carbonyl (C=O) groups is 1. The molecule has 4 aliphatic heterocycles. The molecule has 306 valence electrons. The molecule has 4 aromatic heterocycles. The van der Waals surface area contributed by atoms with Crippen LogP contribution in [0.1, 0.15) is 18.1 Å². The molecule has 2 saturated heterocycles. The summed E-state index contributed by atoms with van der Waals surface area (Å²) < 4.78 is 51.8. The van der Waals surface area contributed by atoms with Crippen LogP contribution in [-0.4, -0.2) is 135 Å². The number of aromatic nitrogens is 7. The maximum atomic E-state index is 15.2. The Labute approximate surface area is 338 Å². The Balaban J connectivity index is 1.10. The van der Waals surface area contributed by atoms with E-state index in [4.69, 9.17) is 39.2 Å². The minimum atomic E-state index is -0.633. The lowest BCUT2D eigenvalue weighted by molar-refractivity contribution is -0.132. The van der Waals surface area contributed by atoms with Crippen LogP contribution < -0.4 is 15.0 Å². The molecule has 10 rings (SSSR count). The number of hydrogen-bond donors (Lipinski definition) is 1. The molecule has 1 amide bonds. The summed E-state index contributed by atoms with van der Waals surface area (Å²) in [6, 6.07) is 12.1. The summed E-state index contributed by atoms with van der Waals surface area (Å²) >= 11 is 0. The molecular weight excluding hydrogens is 761 g/mol. The maximum Gasteiger partial charge on any atom is 0.245 e. The van der Waals surface area contributed by atoms with E-state index in [1.54, 1.807) is 43.1 Å². The second-order valence-electron chi connectivity index (χ2n) is 16.0. The van der Waals surface area contributed by atoms with Gasteiger partial charge in [-0.25, -0.2) is 33.4 Å². The smallest absolute Gasteiger partial charge is 0.245 e. The summed E-state index contributed by atoms with van der Waals surface area (Å²) in [4.78, 5) is 41.0. The number of amides is 1. The number of anilines is 2. The van der Waals surface area contributed by atoms with Crippen molar-refractivity contribution in [3.8, 4) is 22.7 Å². The first-order chi connectivity index (χ1) is 28.6. The van der Waals surface area contributed by atoms with Crippen molar-refractivity contribution in [3.05, 3.63) is 78.0 Å². The fraction of sp³-hybridized carbons (Fsp3) is 0.429. The minimum Gasteiger partial charge on any atom is -0.490 e. The van der Waals surface area contributed by atoms with Crippen molar-refractivity contribution in [1.29, 1.82) is 0 Å². The molecule has 0 saturated carbocycles. The van der Waals surface area contributed by atoms with E-state index >= 15 is 4.39 Å². The highest BCUT2D eigenvalue weighted by atomic mass is 19.1. The number of methoxy groups -OCH3 is 2. The summed E-state index contributed by atoms with van der Waals surface area (Å²) in [6.45, 7) is 5.41. The van der Waals surface area contributed by atoms with E-state index in [1.165, 1.54) is 24.3 Å². The van der Waals surface area contributed by atoms with Crippen LogP contribution in [0.2, 0.25) is 0 Å². The fourth-order valence-corrected chi connectivity index (χ4v) is 9.41. The molecule has 0 radical (unpaired) electrons. The summed E-state index contributed by atoms with van der Waals surface area (Å²) in [5.74, 6) is 1.96. The van der Waals surface area contributed by atoms with Gasteiger partial charge in [-0.2, -0.15) is 5.10 Å². The van der Waals surface area contributed by atoms with Crippen molar-refractivity contribution < 1.29 is 27.8 Å². The summed E-state index contributed by atoms with van der Waals surface area (Å²) in [5.41, 5.74) is 3.54. The number of rotatable bonds is 3. The van der Waals surface area contributed by atoms with Crippen LogP contribution in [0.4, 0.5) is 20.4 Å². The van der Waals surface area contributed by atoms with Gasteiger partial charge in [-0.15, -0.1) is 0 Å². The van der Waals surface area contributed by atoms with Gasteiger partial charge in [0.25, 0.3) is 0 Å². The first-order valence-corrected chi connectivity index (χ1v) is 20.0. The Morgan fingerprint density at radius 3 is 2.66 bits per heavy atom. The molecular formula is C42H45F2N11O4. The topological polar surface area (TPSA) is 141 Å². The Hall–Kier alpha value is -5.78. The van der Waals surface area contributed by atoms with E-state index in [0.717, 1.165) is 18.6 Å². The van der Waals surface area contributed by atoms with Gasteiger partial charge < -0.3 is 33.9 Å². The van der Waals surface area contributed by atoms with Crippen molar-refractivity contribution in [2.45, 2.75) is 50.6 Å². The number of nitrogens with zero attached hydrogens (tertiary/aromatic N) is 10. The van der Waals surface area contributed by atoms with Crippen molar-refractivity contribution >= 4 is 39.6 Å². The first-order valence-electron chi connectivity index (χ1n) is 20.0. The lowest BCUT2D eigenvalue weighted by Crippen LogP contribution is -2.47. The Bertz CT molecular complexity index is 2600. The molecule has 2 fully saturated rings. The van der Waals surface area contributed by atoms with E-state index in [9.17, 15) is 9.18 Å². The molecule has 59 heavy (non-hydrogen) atoms. The molecule has 17 heteroatoms. The fourth-order valence-electron chi connectivity index (χ4n) is 9.41. The van der Waals surface area contributed by atoms with Crippen LogP contribution in [0.5, 0.6) is 5.75 Å². The highest BCUT2D eigenvalue weighted by molar-refractivity contribution is 5.94. The Morgan fingerprint density at radius 1 is 0.932 bits per heavy atom. The van der Waals surface area contributed by atoms with E-state index in [1.807, 2.05) is 29.7 Å². The van der Waals surface area contributed by atoms with Gasteiger partial charge >= 0.3 is 0 Å². The number of hydrogen-bond acceptors (Lipinski definition) is 12. The van der Waals surface area contributed by atoms with Crippen LogP contribution in [0, 0.1) is 24.5 Å². The summed E-state index contributed by atoms with van der Waals surface area (Å²) in [6.07, 6.45) is 2.21. The number of likely N-dealkylation sites (N-methyl/N-ethyl adjacent to an activating group) is 1. The van der Waals surface area contributed by atoms with Gasteiger partial charge in [0.1, 0.15) is 59.0 Å². The highest BCUT2D eigenvalue weighted by Gasteiger charge is 2.42. The number of aryl methyl sites for hydroxylation is 1. The third-order valence-electron chi connectivity index (χ3n) is 12.3. The standard InChI is InChI=1S/C42H45F2N11O4/c1-23-46-32-14-26(44)13-29-31-6-5-7-37(48-31)47-27-16-34(42(56)51(2)20-28(57-3)21-53(23)39(29)32)54(19-27)40-30-17-45-55-33-9-8-25(43)15-35(33)59-11-10-52-18-24(36(22-52)58-4)12-38(49-40)50-41(30)55/h5-9,13-15,17,24,27-28,34,36H,10-12,16,18-22H2,1-4H3,(H,47,48)/t24-,27-,28-,34-,36-/m0/s1. The zero-order valence-corrected chi connectivity index (χ0v) is 33.3. The molecule has 0 spiro atoms. The quantitative estimate of drug-likeness (QED) is 0.274. The summed E-state index contributed by atoms with van der Waals surface area (Å²) in [5, 5.41) is 9.04. The number of ether oxygens (including phenoxy) is 3. The van der Waals surface area contributed by atoms with Crippen LogP contribution in [0.25, 0.3) is 39.0 Å². The average molecular weight is 806 g/mol. The molecule has 8 heterocycles. The number of imidazole rings is 1. The van der Waals surface area contributed by atoms with Crippen LogP contribution in [0.3, 0.4) is 0 Å². The Morgan fingerprint density at radius 2 is 1.81 bits per heavy atom. The Kier molecular flexibility index (Phi) is 9.40. The lowest BCUT2D eigenvalue weighted by Gasteiger charge is -2.31. The molecule has 1 unspecified atom stereocenters. The molecule has 15 nitrogen and oxygen atoms in total. The normalized spacial score (nSPS) is 24.5. The average Bonchev–Trinajstić information content (AvgIpc) is 4.01. The van der Waals surface area contributed by atoms with Crippen molar-refractivity contribution in [2.24, 2.45) is 5.92 Å². The van der Waals surface area contributed by atoms with Crippen molar-refractivity contribution in [2.75, 3.05) is 70.8 Å². The molecule has 8 bridgehead atoms. The van der Waals surface area contributed by atoms with Crippen LogP contribution in [0.15, 0.2) is 54.7 Å². The molecule has 0 aliphatic carbocycles. The highest BCUT2D eigenvalue weighted by Crippen LogP contribution is 2.37. The molecule has 6 aromatic rings. The van der Waals surface area contributed by atoms with Gasteiger partial charge in [-0.3, -0.25) is 9.69 Å². The second-order valence-corrected chi connectivity index (χ2v) is 16.0. The lowest BCUT2D eigenvalue weighted by atomic mass is 10.0. The molecule has 4 aliphatic rings. The molecule has 1 N–H and O–H groups in total. The van der Waals surface area contributed by atoms with Crippen LogP contribution in [-0.2, 0) is 27.2 Å². The van der Waals surface area contributed by atoms with Crippen molar-refractivity contribution in [1.82, 2.24) is 44.1 Å². The first kappa shape index (κ1) is 37.5. The van der Waals surface area contributed by atoms with Gasteiger partial charge in [0.2, 0.25) is 5.91 Å². The maximum absolute atomic E-state index is 15.2. The predicted molar refractivity (Wildman–Crippen MR) is 216 cm³/mol. The SMILES string of the molecule is CO[C@H]1CN(C)C(=O)[C@@H]2C[C@@H](CN2c2nc3nc4c2cnn4-c2ccc(F)cc2OCCN2C[C@H](C3)[C@@H](OC)C2)Nc2cccc(n2)-c2cc(F)cc3nc(C)n(c23)C1. The van der Waals surface area contributed by atoms with Gasteiger partial charge in [0.15, 0.2) is 5.65 Å². The van der Waals surface area contributed by atoms with Gasteiger partial charge in [0.05, 0.1) is 47.1 Å². The third-order valence-corrected chi connectivity index (χ3v) is 12.3. The minimum absolute atomic E-state index is 0.0480. The van der Waals surface area contributed by atoms with Gasteiger partial charge in [-0.05, 0) is 43.7 Å². The molecule has 6 atom stereocenters. The molecule has 2 aromatic carbocycles. The van der Waals surface area contributed by atoms with Crippen LogP contribution >= 0.6 is 0 Å². The number of fused-ring (bicyclic) bond motifs is 10. The number of benzene rings is 2.